The van der Waals surface area contributed by atoms with E-state index in [-0.39, 0.29) is 0 Å². The van der Waals surface area contributed by atoms with Gasteiger partial charge in [0, 0.05) is 27.5 Å². The van der Waals surface area contributed by atoms with Gasteiger partial charge in [0.05, 0.1) is 1.37 Å². The van der Waals surface area contributed by atoms with Gasteiger partial charge in [0.2, 0.25) is 0 Å². The Morgan fingerprint density at radius 1 is 0.327 bits per heavy atom. The summed E-state index contributed by atoms with van der Waals surface area (Å²) in [5, 5.41) is 9.02. The smallest absolute Gasteiger partial charge is 0.164 e. The molecule has 0 saturated heterocycles. The van der Waals surface area contributed by atoms with Crippen LogP contribution in [-0.2, 0) is 0 Å². The van der Waals surface area contributed by atoms with Crippen molar-refractivity contribution in [3.8, 4) is 56.4 Å². The molecule has 0 amide bonds. The lowest BCUT2D eigenvalue weighted by atomic mass is 9.92. The molecule has 0 unspecified atom stereocenters. The van der Waals surface area contributed by atoms with Crippen molar-refractivity contribution in [2.45, 2.75) is 0 Å². The van der Waals surface area contributed by atoms with E-state index in [1.807, 2.05) is 84.9 Å². The van der Waals surface area contributed by atoms with Crippen molar-refractivity contribution in [2.24, 2.45) is 0 Å². The lowest BCUT2D eigenvalue weighted by Gasteiger charge is -2.12. The minimum absolute atomic E-state index is 0.321. The van der Waals surface area contributed by atoms with E-state index in [0.29, 0.717) is 34.7 Å². The van der Waals surface area contributed by atoms with Crippen LogP contribution in [0.1, 0.15) is 1.37 Å². The van der Waals surface area contributed by atoms with E-state index >= 15 is 0 Å². The molecular formula is C51H31N3O. The molecule has 0 saturated carbocycles. The van der Waals surface area contributed by atoms with Crippen LogP contribution in [0, 0.1) is 0 Å². The summed E-state index contributed by atoms with van der Waals surface area (Å²) in [5.41, 5.74) is 7.99. The first-order chi connectivity index (χ1) is 27.7. The summed E-state index contributed by atoms with van der Waals surface area (Å²) in [6.07, 6.45) is 0. The van der Waals surface area contributed by atoms with Crippen molar-refractivity contribution in [2.75, 3.05) is 0 Å². The zero-order valence-corrected chi connectivity index (χ0v) is 29.6. The minimum Gasteiger partial charge on any atom is -0.456 e. The molecule has 0 radical (unpaired) electrons. The Morgan fingerprint density at radius 3 is 1.56 bits per heavy atom. The first kappa shape index (κ1) is 30.1. The predicted molar refractivity (Wildman–Crippen MR) is 227 cm³/mol. The lowest BCUT2D eigenvalue weighted by molar-refractivity contribution is 0.669. The van der Waals surface area contributed by atoms with Crippen LogP contribution in [0.15, 0.2) is 192 Å². The molecule has 0 atom stereocenters. The van der Waals surface area contributed by atoms with Gasteiger partial charge in [-0.05, 0) is 84.9 Å². The van der Waals surface area contributed by atoms with E-state index in [2.05, 4.69) is 97.1 Å². The Hall–Kier alpha value is -7.43. The molecule has 11 rings (SSSR count). The minimum atomic E-state index is 0.321. The summed E-state index contributed by atoms with van der Waals surface area (Å²) in [7, 11) is 0. The van der Waals surface area contributed by atoms with Gasteiger partial charge in [0.1, 0.15) is 11.2 Å². The maximum Gasteiger partial charge on any atom is 0.164 e. The van der Waals surface area contributed by atoms with E-state index < -0.39 is 0 Å². The van der Waals surface area contributed by atoms with Crippen molar-refractivity contribution in [1.29, 1.82) is 0 Å². The Bertz CT molecular complexity index is 3280. The van der Waals surface area contributed by atoms with Crippen molar-refractivity contribution < 1.29 is 5.79 Å². The van der Waals surface area contributed by atoms with Crippen LogP contribution in [0.3, 0.4) is 0 Å². The Morgan fingerprint density at radius 2 is 0.836 bits per heavy atom. The number of hydrogen-bond donors (Lipinski definition) is 0. The molecule has 4 heteroatoms. The molecule has 0 aliphatic carbocycles. The maximum absolute atomic E-state index is 9.21. The van der Waals surface area contributed by atoms with Gasteiger partial charge < -0.3 is 4.42 Å². The number of furan rings is 1. The number of rotatable bonds is 5. The molecular weight excluding hydrogens is 671 g/mol. The van der Waals surface area contributed by atoms with Crippen molar-refractivity contribution in [3.63, 3.8) is 0 Å². The maximum atomic E-state index is 9.21. The lowest BCUT2D eigenvalue weighted by Crippen LogP contribution is -2.00. The standard InChI is InChI=1S/C51H31N3O/c1-3-13-32(14-4-1)34-17-11-18-37(29-34)50-52-49(33-15-5-2-6-16-33)53-51(54-50)43-23-12-24-47-48(43)45-31-36(26-28-46(45)55-47)35-25-27-42-40-21-8-7-19-38(40)39-20-9-10-22-41(39)44(42)30-35/h1-31H/i28D. The monoisotopic (exact) mass is 702 g/mol. The van der Waals surface area contributed by atoms with Gasteiger partial charge in [-0.3, -0.25) is 0 Å². The summed E-state index contributed by atoms with van der Waals surface area (Å²) in [6, 6.07) is 62.9. The number of nitrogens with zero attached hydrogens (tertiary/aromatic N) is 3. The van der Waals surface area contributed by atoms with E-state index in [0.717, 1.165) is 49.7 Å². The Kier molecular flexibility index (Phi) is 6.90. The normalized spacial score (nSPS) is 11.9. The summed E-state index contributed by atoms with van der Waals surface area (Å²) in [4.78, 5) is 15.3. The third-order valence-corrected chi connectivity index (χ3v) is 10.6. The molecule has 0 N–H and O–H groups in total. The van der Waals surface area contributed by atoms with Crippen molar-refractivity contribution in [3.05, 3.63) is 188 Å². The van der Waals surface area contributed by atoms with Crippen molar-refractivity contribution >= 4 is 54.3 Å². The Labute approximate surface area is 318 Å². The number of fused-ring (bicyclic) bond motifs is 9. The fraction of sp³-hybridized carbons (Fsp3) is 0. The fourth-order valence-electron chi connectivity index (χ4n) is 8.01. The van der Waals surface area contributed by atoms with Gasteiger partial charge in [0.25, 0.3) is 0 Å². The highest BCUT2D eigenvalue weighted by Crippen LogP contribution is 2.41. The van der Waals surface area contributed by atoms with Crippen molar-refractivity contribution in [1.82, 2.24) is 15.0 Å². The van der Waals surface area contributed by atoms with Crippen LogP contribution >= 0.6 is 0 Å². The largest absolute Gasteiger partial charge is 0.456 e. The molecule has 4 nitrogen and oxygen atoms in total. The fourth-order valence-corrected chi connectivity index (χ4v) is 8.01. The molecule has 0 fully saturated rings. The zero-order chi connectivity index (χ0) is 37.2. The summed E-state index contributed by atoms with van der Waals surface area (Å²) < 4.78 is 15.7. The van der Waals surface area contributed by atoms with Gasteiger partial charge in [-0.25, -0.2) is 15.0 Å². The second-order valence-electron chi connectivity index (χ2n) is 13.9. The van der Waals surface area contributed by atoms with Gasteiger partial charge in [0.15, 0.2) is 17.5 Å². The van der Waals surface area contributed by atoms with E-state index in [4.69, 9.17) is 19.4 Å². The molecule has 2 heterocycles. The SMILES string of the molecule is [2H]c1cc(-c2ccc3c4ccccc4c4ccccc4c3c2)cc2c1oc1cccc(-c3nc(-c4ccccc4)nc(-c4cccc(-c5ccccc5)c4)n3)c12. The highest BCUT2D eigenvalue weighted by Gasteiger charge is 2.19. The van der Waals surface area contributed by atoms with Crippen LogP contribution in [-0.4, -0.2) is 15.0 Å². The van der Waals surface area contributed by atoms with E-state index in [9.17, 15) is 1.37 Å². The highest BCUT2D eigenvalue weighted by atomic mass is 16.3. The first-order valence-electron chi connectivity index (χ1n) is 18.9. The van der Waals surface area contributed by atoms with Crippen LogP contribution in [0.5, 0.6) is 0 Å². The zero-order valence-electron chi connectivity index (χ0n) is 30.6. The average molecular weight is 703 g/mol. The van der Waals surface area contributed by atoms with Crippen LogP contribution < -0.4 is 0 Å². The number of aromatic nitrogens is 3. The van der Waals surface area contributed by atoms with Crippen LogP contribution in [0.4, 0.5) is 0 Å². The average Bonchev–Trinajstić information content (AvgIpc) is 3.66. The second-order valence-corrected chi connectivity index (χ2v) is 13.9. The summed E-state index contributed by atoms with van der Waals surface area (Å²) in [6.45, 7) is 0. The molecule has 0 bridgehead atoms. The molecule has 0 aliphatic rings. The number of hydrogen-bond acceptors (Lipinski definition) is 4. The second kappa shape index (κ2) is 12.6. The van der Waals surface area contributed by atoms with Gasteiger partial charge >= 0.3 is 0 Å². The highest BCUT2D eigenvalue weighted by molar-refractivity contribution is 6.25. The van der Waals surface area contributed by atoms with Crippen LogP contribution in [0.25, 0.3) is 111 Å². The molecule has 9 aromatic carbocycles. The quantitative estimate of drug-likeness (QED) is 0.168. The molecule has 11 aromatic rings. The van der Waals surface area contributed by atoms with E-state index in [1.54, 1.807) is 0 Å². The first-order valence-corrected chi connectivity index (χ1v) is 18.4. The third-order valence-electron chi connectivity index (χ3n) is 10.6. The predicted octanol–water partition coefficient (Wildman–Crippen LogP) is 13.6. The molecule has 2 aromatic heterocycles. The van der Waals surface area contributed by atoms with Gasteiger partial charge in [-0.1, -0.05) is 158 Å². The molecule has 0 aliphatic heterocycles. The van der Waals surface area contributed by atoms with Gasteiger partial charge in [-0.15, -0.1) is 0 Å². The number of benzene rings is 9. The molecule has 55 heavy (non-hydrogen) atoms. The molecule has 256 valence electrons. The summed E-state index contributed by atoms with van der Waals surface area (Å²) >= 11 is 0. The summed E-state index contributed by atoms with van der Waals surface area (Å²) in [5.74, 6) is 1.70. The topological polar surface area (TPSA) is 51.8 Å². The van der Waals surface area contributed by atoms with Crippen LogP contribution in [0.2, 0.25) is 0 Å². The molecule has 0 spiro atoms. The van der Waals surface area contributed by atoms with E-state index in [1.165, 1.54) is 32.3 Å². The third kappa shape index (κ3) is 5.26. The van der Waals surface area contributed by atoms with Gasteiger partial charge in [-0.2, -0.15) is 0 Å². The Balaban J connectivity index is 1.12.